The SMILES string of the molecule is CCCCCCCCCCCCCC[C@H]1OC(C2CCC(CCCCC[C@H](CC3C(=O)O[C@@H](C)C3O)OCC[Si](C)(C)C)O2)CC[C@H]1O[Si](c1ccccc1)(c1ccccc1)C(C)(C)C. The number of ether oxygens (including phenoxy) is 4. The Morgan fingerprint density at radius 3 is 1.80 bits per heavy atom. The second-order valence-electron chi connectivity index (χ2n) is 22.6. The number of esters is 1. The van der Waals surface area contributed by atoms with Crippen LogP contribution >= 0.6 is 0 Å². The summed E-state index contributed by atoms with van der Waals surface area (Å²) < 4.78 is 33.7. The molecule has 1 N–H and O–H groups in total. The molecule has 0 spiro atoms. The monoisotopic (exact) mass is 935 g/mol. The summed E-state index contributed by atoms with van der Waals surface area (Å²) in [6, 6.07) is 23.3. The Hall–Kier alpha value is -1.86. The molecule has 3 fully saturated rings. The Morgan fingerprint density at radius 2 is 1.25 bits per heavy atom. The molecule has 368 valence electrons. The summed E-state index contributed by atoms with van der Waals surface area (Å²) in [6.07, 6.45) is 26.5. The summed E-state index contributed by atoms with van der Waals surface area (Å²) in [4.78, 5) is 12.5. The summed E-state index contributed by atoms with van der Waals surface area (Å²) in [7, 11) is -3.98. The van der Waals surface area contributed by atoms with Crippen molar-refractivity contribution in [3.8, 4) is 0 Å². The van der Waals surface area contributed by atoms with Crippen molar-refractivity contribution in [2.45, 2.75) is 262 Å². The van der Waals surface area contributed by atoms with Gasteiger partial charge in [0.05, 0.1) is 42.5 Å². The predicted molar refractivity (Wildman–Crippen MR) is 275 cm³/mol. The van der Waals surface area contributed by atoms with Crippen LogP contribution < -0.4 is 10.4 Å². The molecule has 0 aromatic heterocycles. The molecule has 0 bridgehead atoms. The number of benzene rings is 2. The van der Waals surface area contributed by atoms with Crippen LogP contribution in [0.25, 0.3) is 0 Å². The molecule has 0 amide bonds. The Kier molecular flexibility index (Phi) is 22.8. The van der Waals surface area contributed by atoms with Crippen LogP contribution in [0.3, 0.4) is 0 Å². The van der Waals surface area contributed by atoms with Crippen molar-refractivity contribution in [2.75, 3.05) is 6.61 Å². The Balaban J connectivity index is 1.16. The number of hydrogen-bond donors (Lipinski definition) is 1. The number of aliphatic hydroxyl groups is 1. The predicted octanol–water partition coefficient (Wildman–Crippen LogP) is 13.1. The van der Waals surface area contributed by atoms with Crippen molar-refractivity contribution in [3.63, 3.8) is 0 Å². The largest absolute Gasteiger partial charge is 0.460 e. The van der Waals surface area contributed by atoms with E-state index in [1.807, 2.05) is 0 Å². The quantitative estimate of drug-likeness (QED) is 0.0475. The topological polar surface area (TPSA) is 83.5 Å². The lowest BCUT2D eigenvalue weighted by Gasteiger charge is -2.48. The zero-order valence-electron chi connectivity index (χ0n) is 42.5. The third-order valence-corrected chi connectivity index (χ3v) is 21.7. The van der Waals surface area contributed by atoms with Crippen LogP contribution in [0.1, 0.15) is 182 Å². The first-order valence-electron chi connectivity index (χ1n) is 26.8. The lowest BCUT2D eigenvalue weighted by atomic mass is 9.92. The molecule has 5 rings (SSSR count). The number of rotatable bonds is 30. The second kappa shape index (κ2) is 27.4. The number of unbranched alkanes of at least 4 members (excludes halogenated alkanes) is 13. The van der Waals surface area contributed by atoms with E-state index in [1.54, 1.807) is 6.92 Å². The number of carbonyl (C=O) groups excluding carboxylic acids is 1. The molecule has 2 aromatic carbocycles. The standard InChI is InChI=1S/C56H94O7Si2/c1-9-10-11-12-13-14-15-16-17-18-19-29-36-50-53(63-65(56(3,4)5,47-32-25-21-26-33-47)48-34-27-22-28-35-48)40-39-52(62-50)51-38-37-45(61-51)30-23-20-24-31-46(59-41-42-64(6,7)8)43-49-54(57)44(2)60-55(49)58/h21-22,25-28,32-35,44-46,49-54,57H,9-20,23-24,29-31,36-43H2,1-8H3/t44-,45?,46+,49?,50+,51?,52?,53+,54?/m0/s1. The summed E-state index contributed by atoms with van der Waals surface area (Å²) in [5, 5.41) is 13.2. The van der Waals surface area contributed by atoms with E-state index in [0.717, 1.165) is 76.9 Å². The van der Waals surface area contributed by atoms with Gasteiger partial charge in [-0.25, -0.2) is 0 Å². The molecular formula is C56H94O7Si2. The Morgan fingerprint density at radius 1 is 0.708 bits per heavy atom. The van der Waals surface area contributed by atoms with Gasteiger partial charge in [0, 0.05) is 14.7 Å². The first-order valence-corrected chi connectivity index (χ1v) is 32.4. The van der Waals surface area contributed by atoms with E-state index in [-0.39, 0.29) is 47.6 Å². The van der Waals surface area contributed by atoms with Gasteiger partial charge in [-0.05, 0) is 79.7 Å². The molecule has 3 saturated heterocycles. The lowest BCUT2D eigenvalue weighted by molar-refractivity contribution is -0.158. The fourth-order valence-electron chi connectivity index (χ4n) is 10.9. The molecule has 65 heavy (non-hydrogen) atoms. The maximum atomic E-state index is 12.5. The van der Waals surface area contributed by atoms with Crippen LogP contribution in [0.5, 0.6) is 0 Å². The molecule has 0 aliphatic carbocycles. The van der Waals surface area contributed by atoms with Gasteiger partial charge in [0.15, 0.2) is 0 Å². The van der Waals surface area contributed by atoms with Gasteiger partial charge in [0.25, 0.3) is 8.32 Å². The molecule has 3 aliphatic rings. The molecule has 3 aliphatic heterocycles. The first kappa shape index (κ1) is 54.1. The zero-order valence-corrected chi connectivity index (χ0v) is 44.5. The van der Waals surface area contributed by atoms with Crippen molar-refractivity contribution >= 4 is 32.7 Å². The molecule has 9 atom stereocenters. The normalized spacial score (nSPS) is 25.8. The van der Waals surface area contributed by atoms with Crippen molar-refractivity contribution < 1.29 is 33.3 Å². The van der Waals surface area contributed by atoms with Crippen LogP contribution in [0.2, 0.25) is 30.7 Å². The Labute approximate surface area is 399 Å². The Bertz CT molecular complexity index is 1560. The van der Waals surface area contributed by atoms with Crippen LogP contribution in [-0.4, -0.2) is 82.9 Å². The third kappa shape index (κ3) is 17.0. The fraction of sp³-hybridized carbons (Fsp3) is 0.768. The van der Waals surface area contributed by atoms with Gasteiger partial charge in [0.2, 0.25) is 0 Å². The molecule has 0 radical (unpaired) electrons. The lowest BCUT2D eigenvalue weighted by Crippen LogP contribution is -2.69. The summed E-state index contributed by atoms with van der Waals surface area (Å²) in [6.45, 7) is 19.1. The molecule has 7 nitrogen and oxygen atoms in total. The summed E-state index contributed by atoms with van der Waals surface area (Å²) in [5.74, 6) is -0.772. The van der Waals surface area contributed by atoms with E-state index in [9.17, 15) is 9.90 Å². The van der Waals surface area contributed by atoms with E-state index in [0.29, 0.717) is 6.42 Å². The minimum Gasteiger partial charge on any atom is -0.460 e. The van der Waals surface area contributed by atoms with E-state index in [4.69, 9.17) is 23.4 Å². The zero-order chi connectivity index (χ0) is 46.7. The second-order valence-corrected chi connectivity index (χ2v) is 32.5. The van der Waals surface area contributed by atoms with E-state index in [2.05, 4.69) is 108 Å². The molecule has 3 heterocycles. The number of aliphatic hydroxyl groups excluding tert-OH is 1. The maximum Gasteiger partial charge on any atom is 0.312 e. The van der Waals surface area contributed by atoms with Gasteiger partial charge < -0.3 is 28.5 Å². The van der Waals surface area contributed by atoms with Gasteiger partial charge in [-0.3, -0.25) is 4.79 Å². The van der Waals surface area contributed by atoms with Crippen molar-refractivity contribution in [3.05, 3.63) is 60.7 Å². The molecule has 0 saturated carbocycles. The highest BCUT2D eigenvalue weighted by atomic mass is 28.4. The van der Waals surface area contributed by atoms with Crippen LogP contribution in [0.15, 0.2) is 60.7 Å². The highest BCUT2D eigenvalue weighted by Crippen LogP contribution is 2.41. The average molecular weight is 936 g/mol. The number of hydrogen-bond acceptors (Lipinski definition) is 7. The van der Waals surface area contributed by atoms with E-state index < -0.39 is 34.5 Å². The van der Waals surface area contributed by atoms with Crippen LogP contribution in [-0.2, 0) is 28.2 Å². The third-order valence-electron chi connectivity index (χ3n) is 14.9. The molecule has 5 unspecified atom stereocenters. The van der Waals surface area contributed by atoms with Gasteiger partial charge >= 0.3 is 5.97 Å². The average Bonchev–Trinajstić information content (AvgIpc) is 3.85. The van der Waals surface area contributed by atoms with E-state index in [1.165, 1.54) is 87.4 Å². The first-order chi connectivity index (χ1) is 31.2. The molecule has 2 aromatic rings. The number of cyclic esters (lactones) is 1. The fourth-order valence-corrected chi connectivity index (χ4v) is 16.4. The summed E-state index contributed by atoms with van der Waals surface area (Å²) in [5.41, 5.74) is 0. The highest BCUT2D eigenvalue weighted by Gasteiger charge is 2.53. The smallest absolute Gasteiger partial charge is 0.312 e. The summed E-state index contributed by atoms with van der Waals surface area (Å²) >= 11 is 0. The highest BCUT2D eigenvalue weighted by molar-refractivity contribution is 6.99. The van der Waals surface area contributed by atoms with Crippen molar-refractivity contribution in [1.29, 1.82) is 0 Å². The van der Waals surface area contributed by atoms with Gasteiger partial charge in [-0.15, -0.1) is 0 Å². The molecular weight excluding hydrogens is 841 g/mol. The minimum atomic E-state index is -2.74. The van der Waals surface area contributed by atoms with Crippen LogP contribution in [0.4, 0.5) is 0 Å². The van der Waals surface area contributed by atoms with Crippen molar-refractivity contribution in [1.82, 2.24) is 0 Å². The molecule has 9 heteroatoms. The minimum absolute atomic E-state index is 0.0355. The van der Waals surface area contributed by atoms with Crippen LogP contribution in [0, 0.1) is 5.92 Å². The number of carbonyl (C=O) groups is 1. The van der Waals surface area contributed by atoms with Gasteiger partial charge in [0.1, 0.15) is 12.2 Å². The van der Waals surface area contributed by atoms with Crippen molar-refractivity contribution in [2.24, 2.45) is 5.92 Å². The van der Waals surface area contributed by atoms with Gasteiger partial charge in [-0.1, -0.05) is 204 Å². The van der Waals surface area contributed by atoms with E-state index >= 15 is 0 Å². The maximum absolute atomic E-state index is 12.5. The van der Waals surface area contributed by atoms with Gasteiger partial charge in [-0.2, -0.15) is 0 Å².